The summed E-state index contributed by atoms with van der Waals surface area (Å²) < 4.78 is 56.2. The van der Waals surface area contributed by atoms with Gasteiger partial charge in [0.15, 0.2) is 0 Å². The first-order chi connectivity index (χ1) is 27.9. The molecule has 11 aromatic rings. The normalized spacial score (nSPS) is 13.2. The molecular formula is C50H30O2. The standard InChI is InChI=1S/C50H30O2/c1-2-14-32(15-3-1)48-37-18-6-8-20-39(37)49(40-21-9-7-19-38(40)48)42-24-12-26-45-50(42)41-28-27-33(29-46(41)52-45)35-22-11-25-44-43(35)30-47(51-44)36-23-10-16-31-13-4-5-17-34(31)36/h1-30H/i1D,2D,3D,14D,15D. The van der Waals surface area contributed by atoms with Crippen LogP contribution in [0.3, 0.4) is 0 Å². The molecular weight excluding hydrogens is 633 g/mol. The molecule has 2 aromatic heterocycles. The summed E-state index contributed by atoms with van der Waals surface area (Å²) >= 11 is 0. The van der Waals surface area contributed by atoms with E-state index >= 15 is 0 Å². The van der Waals surface area contributed by atoms with Gasteiger partial charge in [-0.3, -0.25) is 0 Å². The molecule has 0 radical (unpaired) electrons. The summed E-state index contributed by atoms with van der Waals surface area (Å²) in [6.07, 6.45) is 0. The Kier molecular flexibility index (Phi) is 5.28. The van der Waals surface area contributed by atoms with Gasteiger partial charge in [0.1, 0.15) is 22.5 Å². The zero-order valence-electron chi connectivity index (χ0n) is 32.8. The Morgan fingerprint density at radius 1 is 0.365 bits per heavy atom. The monoisotopic (exact) mass is 667 g/mol. The predicted octanol–water partition coefficient (Wildman–Crippen LogP) is 14.5. The minimum atomic E-state index is -0.409. The summed E-state index contributed by atoms with van der Waals surface area (Å²) in [5.74, 6) is 0.820. The van der Waals surface area contributed by atoms with Crippen LogP contribution in [0.4, 0.5) is 0 Å². The van der Waals surface area contributed by atoms with E-state index in [-0.39, 0.29) is 29.7 Å². The van der Waals surface area contributed by atoms with E-state index in [4.69, 9.17) is 15.7 Å². The molecule has 2 heterocycles. The molecule has 0 aliphatic carbocycles. The van der Waals surface area contributed by atoms with Gasteiger partial charge < -0.3 is 8.83 Å². The van der Waals surface area contributed by atoms with E-state index in [1.807, 2.05) is 72.8 Å². The molecule has 9 aromatic carbocycles. The van der Waals surface area contributed by atoms with E-state index in [0.29, 0.717) is 5.56 Å². The van der Waals surface area contributed by atoms with Gasteiger partial charge in [0.2, 0.25) is 0 Å². The third-order valence-corrected chi connectivity index (χ3v) is 10.4. The molecule has 0 bridgehead atoms. The third-order valence-electron chi connectivity index (χ3n) is 10.4. The highest BCUT2D eigenvalue weighted by atomic mass is 16.3. The molecule has 2 nitrogen and oxygen atoms in total. The van der Waals surface area contributed by atoms with Crippen LogP contribution in [-0.4, -0.2) is 0 Å². The van der Waals surface area contributed by atoms with Crippen LogP contribution in [-0.2, 0) is 0 Å². The van der Waals surface area contributed by atoms with Crippen LogP contribution < -0.4 is 0 Å². The van der Waals surface area contributed by atoms with E-state index in [2.05, 4.69) is 78.9 Å². The predicted molar refractivity (Wildman–Crippen MR) is 218 cm³/mol. The molecule has 2 heteroatoms. The SMILES string of the molecule is [2H]c1c([2H])c([2H])c(-c2c3ccccc3c(-c3cccc4oc5cc(-c6cccc7oc(-c8cccc9ccccc89)cc67)ccc5c34)c3ccccc23)c([2H])c1[2H]. The summed E-state index contributed by atoms with van der Waals surface area (Å²) in [7, 11) is 0. The van der Waals surface area contributed by atoms with Crippen LogP contribution >= 0.6 is 0 Å². The van der Waals surface area contributed by atoms with Crippen molar-refractivity contribution in [2.24, 2.45) is 0 Å². The van der Waals surface area contributed by atoms with E-state index in [1.54, 1.807) is 0 Å². The molecule has 0 spiro atoms. The van der Waals surface area contributed by atoms with Crippen LogP contribution in [0.1, 0.15) is 6.85 Å². The molecule has 0 N–H and O–H groups in total. The molecule has 0 amide bonds. The van der Waals surface area contributed by atoms with E-state index in [9.17, 15) is 0 Å². The maximum Gasteiger partial charge on any atom is 0.136 e. The first-order valence-corrected chi connectivity index (χ1v) is 17.3. The Hall–Kier alpha value is -6.90. The summed E-state index contributed by atoms with van der Waals surface area (Å²) in [6, 6.07) is 49.7. The Morgan fingerprint density at radius 2 is 0.981 bits per heavy atom. The first-order valence-electron chi connectivity index (χ1n) is 19.8. The second-order valence-electron chi connectivity index (χ2n) is 13.2. The quantitative estimate of drug-likeness (QED) is 0.175. The van der Waals surface area contributed by atoms with Crippen LogP contribution in [0.5, 0.6) is 0 Å². The number of rotatable bonds is 4. The first kappa shape index (κ1) is 24.3. The average molecular weight is 668 g/mol. The van der Waals surface area contributed by atoms with Crippen molar-refractivity contribution in [3.63, 3.8) is 0 Å². The average Bonchev–Trinajstić information content (AvgIpc) is 3.86. The van der Waals surface area contributed by atoms with Crippen molar-refractivity contribution in [2.75, 3.05) is 0 Å². The van der Waals surface area contributed by atoms with Gasteiger partial charge in [-0.05, 0) is 96.0 Å². The van der Waals surface area contributed by atoms with Crippen molar-refractivity contribution < 1.29 is 15.7 Å². The zero-order chi connectivity index (χ0) is 38.5. The van der Waals surface area contributed by atoms with Gasteiger partial charge in [-0.1, -0.05) is 152 Å². The number of furan rings is 2. The topological polar surface area (TPSA) is 26.3 Å². The Labute approximate surface area is 306 Å². The molecule has 0 fully saturated rings. The zero-order valence-corrected chi connectivity index (χ0v) is 27.8. The Bertz CT molecular complexity index is 3390. The van der Waals surface area contributed by atoms with Crippen molar-refractivity contribution in [1.82, 2.24) is 0 Å². The van der Waals surface area contributed by atoms with Crippen LogP contribution in [0, 0.1) is 0 Å². The lowest BCUT2D eigenvalue weighted by Crippen LogP contribution is -1.91. The fourth-order valence-electron chi connectivity index (χ4n) is 8.15. The van der Waals surface area contributed by atoms with Gasteiger partial charge in [-0.25, -0.2) is 0 Å². The van der Waals surface area contributed by atoms with Gasteiger partial charge >= 0.3 is 0 Å². The minimum Gasteiger partial charge on any atom is -0.456 e. The van der Waals surface area contributed by atoms with Crippen molar-refractivity contribution >= 4 is 65.2 Å². The Balaban J connectivity index is 1.12. The van der Waals surface area contributed by atoms with Crippen LogP contribution in [0.15, 0.2) is 191 Å². The third kappa shape index (κ3) is 4.31. The molecule has 0 aliphatic heterocycles. The largest absolute Gasteiger partial charge is 0.456 e. The van der Waals surface area contributed by atoms with Gasteiger partial charge in [0.05, 0.1) is 6.85 Å². The highest BCUT2D eigenvalue weighted by molar-refractivity contribution is 6.25. The maximum absolute atomic E-state index is 8.92. The second kappa shape index (κ2) is 11.3. The van der Waals surface area contributed by atoms with Crippen molar-refractivity contribution in [2.45, 2.75) is 0 Å². The lowest BCUT2D eigenvalue weighted by molar-refractivity contribution is 0.632. The molecule has 0 saturated carbocycles. The number of hydrogen-bond acceptors (Lipinski definition) is 2. The summed E-state index contributed by atoms with van der Waals surface area (Å²) in [4.78, 5) is 0. The van der Waals surface area contributed by atoms with Crippen molar-refractivity contribution in [3.05, 3.63) is 182 Å². The molecule has 52 heavy (non-hydrogen) atoms. The van der Waals surface area contributed by atoms with Gasteiger partial charge in [-0.2, -0.15) is 0 Å². The minimum absolute atomic E-state index is 0.191. The van der Waals surface area contributed by atoms with E-state index in [0.717, 1.165) is 98.8 Å². The Morgan fingerprint density at radius 3 is 1.75 bits per heavy atom. The molecule has 0 saturated heterocycles. The van der Waals surface area contributed by atoms with Crippen molar-refractivity contribution in [1.29, 1.82) is 0 Å². The fraction of sp³-hybridized carbons (Fsp3) is 0. The molecule has 242 valence electrons. The molecule has 0 unspecified atom stereocenters. The lowest BCUT2D eigenvalue weighted by Gasteiger charge is -2.18. The lowest BCUT2D eigenvalue weighted by atomic mass is 9.85. The van der Waals surface area contributed by atoms with Gasteiger partial charge in [0.25, 0.3) is 0 Å². The fourth-order valence-corrected chi connectivity index (χ4v) is 8.15. The highest BCUT2D eigenvalue weighted by Crippen LogP contribution is 2.47. The molecule has 0 atom stereocenters. The van der Waals surface area contributed by atoms with Crippen LogP contribution in [0.25, 0.3) is 110 Å². The summed E-state index contributed by atoms with van der Waals surface area (Å²) in [6.45, 7) is 0. The van der Waals surface area contributed by atoms with E-state index < -0.39 is 6.04 Å². The maximum atomic E-state index is 8.92. The number of fused-ring (bicyclic) bond motifs is 7. The second-order valence-corrected chi connectivity index (χ2v) is 13.2. The molecule has 11 rings (SSSR count). The summed E-state index contributed by atoms with van der Waals surface area (Å²) in [5.41, 5.74) is 8.21. The van der Waals surface area contributed by atoms with Crippen LogP contribution in [0.2, 0.25) is 0 Å². The van der Waals surface area contributed by atoms with Gasteiger partial charge in [0, 0.05) is 21.7 Å². The smallest absolute Gasteiger partial charge is 0.136 e. The van der Waals surface area contributed by atoms with E-state index in [1.165, 1.54) is 0 Å². The highest BCUT2D eigenvalue weighted by Gasteiger charge is 2.21. The number of hydrogen-bond donors (Lipinski definition) is 0. The van der Waals surface area contributed by atoms with Gasteiger partial charge in [-0.15, -0.1) is 0 Å². The summed E-state index contributed by atoms with van der Waals surface area (Å²) in [5, 5.41) is 8.69. The van der Waals surface area contributed by atoms with Crippen molar-refractivity contribution in [3.8, 4) is 44.7 Å². The molecule has 0 aliphatic rings. The number of benzene rings is 9.